The van der Waals surface area contributed by atoms with E-state index in [1.54, 1.807) is 0 Å². The van der Waals surface area contributed by atoms with Gasteiger partial charge in [0.25, 0.3) is 0 Å². The lowest BCUT2D eigenvalue weighted by atomic mass is 10.2. The van der Waals surface area contributed by atoms with Crippen LogP contribution in [0.2, 0.25) is 0 Å². The van der Waals surface area contributed by atoms with Crippen molar-refractivity contribution in [3.8, 4) is 0 Å². The second kappa shape index (κ2) is 4.62. The van der Waals surface area contributed by atoms with Crippen molar-refractivity contribution >= 4 is 24.8 Å². The van der Waals surface area contributed by atoms with Crippen molar-refractivity contribution in [1.29, 1.82) is 0 Å². The Morgan fingerprint density at radius 2 is 2.46 bits per heavy atom. The van der Waals surface area contributed by atoms with Crippen LogP contribution in [0.25, 0.3) is 0 Å². The standard InChI is InChI=1S/C8H13N2O2S/c9-7(5-13)8(12)10-3-1-2-6(10)4-11/h6-7,13H,1-3,5,9H2/t6-,7-/m0/s1. The van der Waals surface area contributed by atoms with E-state index in [0.29, 0.717) is 18.7 Å². The van der Waals surface area contributed by atoms with Crippen molar-refractivity contribution in [3.63, 3.8) is 0 Å². The maximum Gasteiger partial charge on any atom is 0.240 e. The van der Waals surface area contributed by atoms with Crippen molar-refractivity contribution in [2.75, 3.05) is 12.3 Å². The van der Waals surface area contributed by atoms with Crippen LogP contribution in [0.15, 0.2) is 0 Å². The Kier molecular flexibility index (Phi) is 3.74. The lowest BCUT2D eigenvalue weighted by molar-refractivity contribution is -0.131. The number of amides is 1. The highest BCUT2D eigenvalue weighted by atomic mass is 32.1. The normalized spacial score (nSPS) is 24.5. The molecule has 1 amide bonds. The summed E-state index contributed by atoms with van der Waals surface area (Å²) >= 11 is 3.94. The second-order valence-electron chi connectivity index (χ2n) is 3.10. The van der Waals surface area contributed by atoms with E-state index in [1.165, 1.54) is 4.90 Å². The molecule has 2 atom stereocenters. The van der Waals surface area contributed by atoms with Crippen LogP contribution in [0.4, 0.5) is 0 Å². The predicted octanol–water partition coefficient (Wildman–Crippen LogP) is -0.656. The molecule has 1 saturated heterocycles. The number of thiol groups is 1. The average molecular weight is 201 g/mol. The molecule has 0 aromatic carbocycles. The van der Waals surface area contributed by atoms with Crippen LogP contribution in [0.3, 0.4) is 0 Å². The molecule has 1 aliphatic rings. The summed E-state index contributed by atoms with van der Waals surface area (Å²) in [6.45, 7) is 0.611. The van der Waals surface area contributed by atoms with Crippen LogP contribution < -0.4 is 5.73 Å². The molecule has 1 rings (SSSR count). The average Bonchev–Trinajstić information content (AvgIpc) is 2.62. The largest absolute Gasteiger partial charge is 0.331 e. The number of likely N-dealkylation sites (tertiary alicyclic amines) is 1. The summed E-state index contributed by atoms with van der Waals surface area (Å²) in [6, 6.07) is -0.990. The third kappa shape index (κ3) is 2.22. The first kappa shape index (κ1) is 10.5. The first-order chi connectivity index (χ1) is 6.20. The summed E-state index contributed by atoms with van der Waals surface area (Å²) in [5, 5.41) is 0. The van der Waals surface area contributed by atoms with E-state index in [1.807, 2.05) is 6.29 Å². The van der Waals surface area contributed by atoms with E-state index in [2.05, 4.69) is 12.6 Å². The molecule has 5 heteroatoms. The molecule has 0 aromatic heterocycles. The molecule has 4 nitrogen and oxygen atoms in total. The van der Waals surface area contributed by atoms with Crippen molar-refractivity contribution in [2.24, 2.45) is 5.73 Å². The van der Waals surface area contributed by atoms with Crippen LogP contribution in [0.5, 0.6) is 0 Å². The Bertz CT molecular complexity index is 210. The number of carbonyl (C=O) groups is 1. The minimum Gasteiger partial charge on any atom is -0.331 e. The van der Waals surface area contributed by atoms with Gasteiger partial charge in [-0.1, -0.05) is 0 Å². The Morgan fingerprint density at radius 1 is 1.77 bits per heavy atom. The molecule has 2 N–H and O–H groups in total. The van der Waals surface area contributed by atoms with Gasteiger partial charge in [0.05, 0.1) is 12.1 Å². The van der Waals surface area contributed by atoms with E-state index in [0.717, 1.165) is 6.42 Å². The van der Waals surface area contributed by atoms with Gasteiger partial charge in [-0.05, 0) is 12.8 Å². The van der Waals surface area contributed by atoms with Crippen molar-refractivity contribution in [3.05, 3.63) is 0 Å². The number of nitrogens with zero attached hydrogens (tertiary/aromatic N) is 1. The minimum absolute atomic E-state index is 0.194. The number of rotatable bonds is 3. The smallest absolute Gasteiger partial charge is 0.240 e. The van der Waals surface area contributed by atoms with Crippen molar-refractivity contribution in [1.82, 2.24) is 4.90 Å². The summed E-state index contributed by atoms with van der Waals surface area (Å²) in [4.78, 5) is 23.5. The van der Waals surface area contributed by atoms with Gasteiger partial charge < -0.3 is 10.6 Å². The van der Waals surface area contributed by atoms with E-state index in [4.69, 9.17) is 5.73 Å². The van der Waals surface area contributed by atoms with E-state index < -0.39 is 12.1 Å². The molecule has 1 fully saturated rings. The van der Waals surface area contributed by atoms with Gasteiger partial charge >= 0.3 is 0 Å². The molecule has 0 spiro atoms. The summed E-state index contributed by atoms with van der Waals surface area (Å²) < 4.78 is 0. The summed E-state index contributed by atoms with van der Waals surface area (Å²) in [5.41, 5.74) is 5.52. The molecular weight excluding hydrogens is 188 g/mol. The van der Waals surface area contributed by atoms with Crippen molar-refractivity contribution < 1.29 is 9.59 Å². The monoisotopic (exact) mass is 201 g/mol. The lowest BCUT2D eigenvalue weighted by Gasteiger charge is -2.22. The molecule has 0 aromatic rings. The fourth-order valence-electron chi connectivity index (χ4n) is 1.44. The Labute approximate surface area is 82.9 Å². The van der Waals surface area contributed by atoms with Crippen LogP contribution in [-0.2, 0) is 9.59 Å². The maximum atomic E-state index is 11.5. The molecular formula is C8H13N2O2S. The Balaban J connectivity index is 2.59. The van der Waals surface area contributed by atoms with E-state index in [-0.39, 0.29) is 5.91 Å². The summed E-state index contributed by atoms with van der Waals surface area (Å²) in [7, 11) is 0. The SMILES string of the molecule is N[C@@H](CS)C(=O)N1CCC[C@H]1[C]=O. The molecule has 13 heavy (non-hydrogen) atoms. The predicted molar refractivity (Wildman–Crippen MR) is 52.3 cm³/mol. The maximum absolute atomic E-state index is 11.5. The zero-order chi connectivity index (χ0) is 9.84. The van der Waals surface area contributed by atoms with Crippen LogP contribution in [0.1, 0.15) is 12.8 Å². The van der Waals surface area contributed by atoms with E-state index >= 15 is 0 Å². The first-order valence-electron chi connectivity index (χ1n) is 4.25. The third-order valence-corrected chi connectivity index (χ3v) is 2.58. The Morgan fingerprint density at radius 3 is 3.00 bits per heavy atom. The lowest BCUT2D eigenvalue weighted by Crippen LogP contribution is -2.47. The van der Waals surface area contributed by atoms with Crippen LogP contribution >= 0.6 is 12.6 Å². The molecule has 1 radical (unpaired) electrons. The summed E-state index contributed by atoms with van der Waals surface area (Å²) in [5.74, 6) is 0.113. The molecule has 73 valence electrons. The van der Waals surface area contributed by atoms with Gasteiger partial charge in [0, 0.05) is 12.3 Å². The zero-order valence-corrected chi connectivity index (χ0v) is 8.17. The molecule has 0 bridgehead atoms. The second-order valence-corrected chi connectivity index (χ2v) is 3.46. The topological polar surface area (TPSA) is 63.4 Å². The number of hydrogen-bond donors (Lipinski definition) is 2. The number of carbonyl (C=O) groups excluding carboxylic acids is 2. The van der Waals surface area contributed by atoms with Crippen LogP contribution in [0, 0.1) is 0 Å². The van der Waals surface area contributed by atoms with Gasteiger partial charge in [-0.15, -0.1) is 0 Å². The van der Waals surface area contributed by atoms with Gasteiger partial charge in [-0.3, -0.25) is 9.59 Å². The quantitative estimate of drug-likeness (QED) is 0.596. The van der Waals surface area contributed by atoms with Gasteiger partial charge in [-0.25, -0.2) is 0 Å². The molecule has 0 unspecified atom stereocenters. The highest BCUT2D eigenvalue weighted by Crippen LogP contribution is 2.16. The third-order valence-electron chi connectivity index (χ3n) is 2.19. The Hall–Kier alpha value is -0.550. The van der Waals surface area contributed by atoms with Crippen LogP contribution in [-0.4, -0.2) is 41.5 Å². The van der Waals surface area contributed by atoms with Gasteiger partial charge in [0.1, 0.15) is 0 Å². The fraction of sp³-hybridized carbons (Fsp3) is 0.750. The first-order valence-corrected chi connectivity index (χ1v) is 4.88. The van der Waals surface area contributed by atoms with Gasteiger partial charge in [-0.2, -0.15) is 12.6 Å². The van der Waals surface area contributed by atoms with Gasteiger partial charge in [0.2, 0.25) is 12.2 Å². The highest BCUT2D eigenvalue weighted by molar-refractivity contribution is 7.80. The van der Waals surface area contributed by atoms with Crippen molar-refractivity contribution in [2.45, 2.75) is 24.9 Å². The minimum atomic E-state index is -0.600. The van der Waals surface area contributed by atoms with E-state index in [9.17, 15) is 9.59 Å². The van der Waals surface area contributed by atoms with Gasteiger partial charge in [0.15, 0.2) is 0 Å². The molecule has 0 aliphatic carbocycles. The summed E-state index contributed by atoms with van der Waals surface area (Å²) in [6.07, 6.45) is 3.40. The molecule has 1 aliphatic heterocycles. The molecule has 1 heterocycles. The highest BCUT2D eigenvalue weighted by Gasteiger charge is 2.31. The zero-order valence-electron chi connectivity index (χ0n) is 7.27. The fourth-order valence-corrected chi connectivity index (χ4v) is 1.60. The molecule has 0 saturated carbocycles. The number of hydrogen-bond acceptors (Lipinski definition) is 4. The number of nitrogens with two attached hydrogens (primary N) is 1.